The van der Waals surface area contributed by atoms with Gasteiger partial charge in [-0.3, -0.25) is 0 Å². The van der Waals surface area contributed by atoms with E-state index in [0.29, 0.717) is 30.1 Å². The highest BCUT2D eigenvalue weighted by atomic mass is 28.4. The molecule has 0 atom stereocenters. The molecule has 0 saturated carbocycles. The smallest absolute Gasteiger partial charge is 0.333 e. The van der Waals surface area contributed by atoms with Gasteiger partial charge < -0.3 is 18.6 Å². The summed E-state index contributed by atoms with van der Waals surface area (Å²) in [6.07, 6.45) is 2.30. The lowest BCUT2D eigenvalue weighted by molar-refractivity contribution is -0.136. The van der Waals surface area contributed by atoms with Crippen molar-refractivity contribution in [1.29, 1.82) is 0 Å². The fourth-order valence-corrected chi connectivity index (χ4v) is 3.19. The van der Waals surface area contributed by atoms with Gasteiger partial charge in [0.2, 0.25) is 0 Å². The van der Waals surface area contributed by atoms with Crippen molar-refractivity contribution in [3.8, 4) is 11.5 Å². The Morgan fingerprint density at radius 2 is 1.69 bits per heavy atom. The Kier molecular flexibility index (Phi) is 7.90. The van der Waals surface area contributed by atoms with Gasteiger partial charge in [-0.25, -0.2) is 4.79 Å². The highest BCUT2D eigenvalue weighted by molar-refractivity contribution is 6.74. The zero-order valence-electron chi connectivity index (χ0n) is 17.3. The summed E-state index contributed by atoms with van der Waals surface area (Å²) in [5.74, 6) is 0.909. The third kappa shape index (κ3) is 5.88. The highest BCUT2D eigenvalue weighted by Gasteiger charge is 2.37. The zero-order chi connectivity index (χ0) is 20.0. The van der Waals surface area contributed by atoms with Gasteiger partial charge in [0, 0.05) is 18.6 Å². The van der Waals surface area contributed by atoms with E-state index in [1.807, 2.05) is 24.3 Å². The van der Waals surface area contributed by atoms with E-state index in [1.54, 1.807) is 14.2 Å². The monoisotopic (exact) mass is 380 g/mol. The molecule has 0 bridgehead atoms. The second kappa shape index (κ2) is 9.23. The topological polar surface area (TPSA) is 54.0 Å². The van der Waals surface area contributed by atoms with Crippen LogP contribution in [0.5, 0.6) is 11.5 Å². The normalized spacial score (nSPS) is 12.7. The van der Waals surface area contributed by atoms with Crippen molar-refractivity contribution >= 4 is 20.4 Å². The second-order valence-corrected chi connectivity index (χ2v) is 12.4. The molecule has 0 aliphatic heterocycles. The van der Waals surface area contributed by atoms with E-state index < -0.39 is 8.32 Å². The van der Waals surface area contributed by atoms with Gasteiger partial charge in [0.1, 0.15) is 0 Å². The first-order chi connectivity index (χ1) is 12.1. The number of esters is 1. The zero-order valence-corrected chi connectivity index (χ0v) is 18.3. The fourth-order valence-electron chi connectivity index (χ4n) is 2.14. The molecular formula is C20H32O5Si. The lowest BCUT2D eigenvalue weighted by Crippen LogP contribution is -2.41. The van der Waals surface area contributed by atoms with E-state index in [9.17, 15) is 4.79 Å². The molecular weight excluding hydrogens is 348 g/mol. The minimum absolute atomic E-state index is 0.130. The van der Waals surface area contributed by atoms with Crippen molar-refractivity contribution in [2.45, 2.75) is 45.3 Å². The van der Waals surface area contributed by atoms with Gasteiger partial charge >= 0.3 is 5.97 Å². The van der Waals surface area contributed by atoms with Crippen LogP contribution in [0.1, 0.15) is 32.8 Å². The van der Waals surface area contributed by atoms with E-state index in [4.69, 9.17) is 18.6 Å². The molecule has 5 nitrogen and oxygen atoms in total. The molecule has 0 spiro atoms. The highest BCUT2D eigenvalue weighted by Crippen LogP contribution is 2.36. The summed E-state index contributed by atoms with van der Waals surface area (Å²) in [5.41, 5.74) is 1.41. The van der Waals surface area contributed by atoms with Crippen molar-refractivity contribution in [1.82, 2.24) is 0 Å². The first-order valence-electron chi connectivity index (χ1n) is 8.70. The van der Waals surface area contributed by atoms with Gasteiger partial charge in [-0.1, -0.05) is 26.8 Å². The quantitative estimate of drug-likeness (QED) is 0.373. The Balaban J connectivity index is 2.97. The predicted molar refractivity (Wildman–Crippen MR) is 107 cm³/mol. The maximum atomic E-state index is 12.2. The number of rotatable bonds is 8. The Morgan fingerprint density at radius 3 is 2.19 bits per heavy atom. The first kappa shape index (κ1) is 22.2. The van der Waals surface area contributed by atoms with E-state index in [0.717, 1.165) is 5.56 Å². The third-order valence-corrected chi connectivity index (χ3v) is 9.37. The number of ether oxygens (including phenoxy) is 3. The molecule has 0 aliphatic carbocycles. The van der Waals surface area contributed by atoms with E-state index in [-0.39, 0.29) is 11.0 Å². The first-order valence-corrected chi connectivity index (χ1v) is 11.6. The number of hydrogen-bond acceptors (Lipinski definition) is 5. The molecule has 0 amide bonds. The molecule has 1 aromatic carbocycles. The summed E-state index contributed by atoms with van der Waals surface area (Å²) in [5, 5.41) is 0.130. The van der Waals surface area contributed by atoms with Gasteiger partial charge in [0.05, 0.1) is 21.3 Å². The third-order valence-electron chi connectivity index (χ3n) is 4.84. The molecule has 0 radical (unpaired) electrons. The summed E-state index contributed by atoms with van der Waals surface area (Å²) in [6, 6.07) is 5.52. The lowest BCUT2D eigenvalue weighted by atomic mass is 10.1. The van der Waals surface area contributed by atoms with Crippen LogP contribution in [0.15, 0.2) is 23.8 Å². The van der Waals surface area contributed by atoms with Gasteiger partial charge in [0.25, 0.3) is 0 Å². The second-order valence-electron chi connectivity index (χ2n) is 7.63. The summed E-state index contributed by atoms with van der Waals surface area (Å²) in [7, 11) is 2.71. The van der Waals surface area contributed by atoms with Crippen LogP contribution in [-0.2, 0) is 14.0 Å². The standard InChI is InChI=1S/C20H32O5Si/c1-20(2,3)26(7,8)25-12-11-16(19(21)24-6)13-15-9-10-17(22-4)18(14-15)23-5/h9-10,13-14H,11-12H2,1-8H3/b16-13-. The van der Waals surface area contributed by atoms with Crippen LogP contribution in [-0.4, -0.2) is 42.2 Å². The van der Waals surface area contributed by atoms with E-state index in [1.165, 1.54) is 7.11 Å². The Hall–Kier alpha value is -1.79. The van der Waals surface area contributed by atoms with Crippen LogP contribution in [0.4, 0.5) is 0 Å². The Morgan fingerprint density at radius 1 is 1.08 bits per heavy atom. The molecule has 1 aromatic rings. The average molecular weight is 381 g/mol. The van der Waals surface area contributed by atoms with E-state index in [2.05, 4.69) is 33.9 Å². The van der Waals surface area contributed by atoms with Crippen molar-refractivity contribution in [3.05, 3.63) is 29.3 Å². The van der Waals surface area contributed by atoms with Crippen LogP contribution < -0.4 is 9.47 Å². The molecule has 0 N–H and O–H groups in total. The molecule has 0 aliphatic rings. The summed E-state index contributed by atoms with van der Waals surface area (Å²) in [6.45, 7) is 11.5. The fraction of sp³-hybridized carbons (Fsp3) is 0.550. The molecule has 0 saturated heterocycles. The van der Waals surface area contributed by atoms with Gasteiger partial charge in [-0.15, -0.1) is 0 Å². The number of methoxy groups -OCH3 is 3. The van der Waals surface area contributed by atoms with Crippen LogP contribution >= 0.6 is 0 Å². The summed E-state index contributed by atoms with van der Waals surface area (Å²) in [4.78, 5) is 12.2. The molecule has 6 heteroatoms. The van der Waals surface area contributed by atoms with Crippen LogP contribution in [0, 0.1) is 0 Å². The van der Waals surface area contributed by atoms with Crippen molar-refractivity contribution in [3.63, 3.8) is 0 Å². The maximum absolute atomic E-state index is 12.2. The van der Waals surface area contributed by atoms with Gasteiger partial charge in [-0.05, 0) is 41.9 Å². The summed E-state index contributed by atoms with van der Waals surface area (Å²) < 4.78 is 21.7. The van der Waals surface area contributed by atoms with E-state index >= 15 is 0 Å². The number of carbonyl (C=O) groups is 1. The SMILES string of the molecule is COC(=O)/C(=C\c1ccc(OC)c(OC)c1)CCO[Si](C)(C)C(C)(C)C. The maximum Gasteiger partial charge on any atom is 0.333 e. The summed E-state index contributed by atoms with van der Waals surface area (Å²) >= 11 is 0. The molecule has 0 fully saturated rings. The van der Waals surface area contributed by atoms with Crippen LogP contribution in [0.3, 0.4) is 0 Å². The molecule has 146 valence electrons. The number of benzene rings is 1. The number of hydrogen-bond donors (Lipinski definition) is 0. The molecule has 0 aromatic heterocycles. The minimum Gasteiger partial charge on any atom is -0.493 e. The Bertz CT molecular complexity index is 644. The Labute approximate surface area is 158 Å². The largest absolute Gasteiger partial charge is 0.493 e. The predicted octanol–water partition coefficient (Wildman–Crippen LogP) is 4.67. The van der Waals surface area contributed by atoms with Crippen LogP contribution in [0.25, 0.3) is 6.08 Å². The van der Waals surface area contributed by atoms with Crippen molar-refractivity contribution in [2.75, 3.05) is 27.9 Å². The van der Waals surface area contributed by atoms with Crippen molar-refractivity contribution < 1.29 is 23.4 Å². The lowest BCUT2D eigenvalue weighted by Gasteiger charge is -2.36. The minimum atomic E-state index is -1.85. The molecule has 1 rings (SSSR count). The van der Waals surface area contributed by atoms with Gasteiger partial charge in [0.15, 0.2) is 19.8 Å². The van der Waals surface area contributed by atoms with Crippen molar-refractivity contribution in [2.24, 2.45) is 0 Å². The molecule has 0 heterocycles. The molecule has 26 heavy (non-hydrogen) atoms. The number of carbonyl (C=O) groups excluding carboxylic acids is 1. The average Bonchev–Trinajstić information content (AvgIpc) is 2.58. The molecule has 0 unspecified atom stereocenters. The van der Waals surface area contributed by atoms with Gasteiger partial charge in [-0.2, -0.15) is 0 Å². The van der Waals surface area contributed by atoms with Crippen LogP contribution in [0.2, 0.25) is 18.1 Å².